The lowest BCUT2D eigenvalue weighted by Crippen LogP contribution is -2.63. The van der Waals surface area contributed by atoms with Crippen molar-refractivity contribution in [1.29, 1.82) is 0 Å². The van der Waals surface area contributed by atoms with Crippen LogP contribution >= 0.6 is 11.3 Å². The number of phenolic OH excluding ortho intramolecular Hbond substituents is 1. The lowest BCUT2D eigenvalue weighted by molar-refractivity contribution is -0.192. The number of aromatic amines is 1. The molecule has 4 N–H and O–H groups in total. The second-order valence-corrected chi connectivity index (χ2v) is 9.42. The number of halogens is 3. The molecule has 188 valence electrons. The first-order chi connectivity index (χ1) is 17.2. The zero-order valence-electron chi connectivity index (χ0n) is 18.5. The van der Waals surface area contributed by atoms with Crippen LogP contribution in [-0.4, -0.2) is 73.4 Å². The molecule has 36 heavy (non-hydrogen) atoms. The van der Waals surface area contributed by atoms with Gasteiger partial charge in [0, 0.05) is 36.5 Å². The predicted molar refractivity (Wildman–Crippen MR) is 126 cm³/mol. The largest absolute Gasteiger partial charge is 0.507 e. The molecule has 2 aliphatic rings. The van der Waals surface area contributed by atoms with Gasteiger partial charge in [0.1, 0.15) is 5.75 Å². The Hall–Kier alpha value is -3.78. The Bertz CT molecular complexity index is 1390. The Morgan fingerprint density at radius 2 is 2.00 bits per heavy atom. The lowest BCUT2D eigenvalue weighted by Gasteiger charge is -2.50. The predicted octanol–water partition coefficient (Wildman–Crippen LogP) is 3.28. The van der Waals surface area contributed by atoms with Gasteiger partial charge in [-0.25, -0.2) is 4.79 Å². The molecule has 2 fully saturated rings. The maximum absolute atomic E-state index is 10.6. The SMILES string of the molecule is O=C(O)C(F)(F)F.Oc1cc(-c2cn[nH]c2)ccc1-c1cc2sc(N3C[C@@H]4CCNC[C@@H]43)nc2nn1. The molecule has 1 aromatic carbocycles. The number of phenols is 1. The van der Waals surface area contributed by atoms with Gasteiger partial charge in [0.25, 0.3) is 0 Å². The Morgan fingerprint density at radius 1 is 1.19 bits per heavy atom. The third-order valence-corrected chi connectivity index (χ3v) is 7.19. The summed E-state index contributed by atoms with van der Waals surface area (Å²) in [5.74, 6) is -1.82. The number of anilines is 1. The molecule has 0 radical (unpaired) electrons. The molecule has 10 nitrogen and oxygen atoms in total. The number of aliphatic carboxylic acids is 1. The monoisotopic (exact) mass is 519 g/mol. The van der Waals surface area contributed by atoms with E-state index in [4.69, 9.17) is 14.9 Å². The zero-order valence-corrected chi connectivity index (χ0v) is 19.3. The van der Waals surface area contributed by atoms with Gasteiger partial charge in [-0.1, -0.05) is 17.4 Å². The molecule has 2 atom stereocenters. The molecule has 3 aromatic heterocycles. The quantitative estimate of drug-likeness (QED) is 0.321. The van der Waals surface area contributed by atoms with E-state index in [0.29, 0.717) is 22.9 Å². The highest BCUT2D eigenvalue weighted by Gasteiger charge is 2.41. The van der Waals surface area contributed by atoms with Crippen molar-refractivity contribution < 1.29 is 28.2 Å². The van der Waals surface area contributed by atoms with Gasteiger partial charge in [-0.05, 0) is 42.6 Å². The summed E-state index contributed by atoms with van der Waals surface area (Å²) >= 11 is 1.64. The number of fused-ring (bicyclic) bond motifs is 2. The standard InChI is InChI=1S/C20H19N7OS.C2HF3O2/c28-17-5-11(13-7-22-23-8-13)1-2-14(17)15-6-18-19(26-25-15)24-20(29-18)27-10-12-3-4-21-9-16(12)27;3-2(4,5)1(6)7/h1-2,5-8,12,16,21,28H,3-4,9-10H2,(H,22,23);(H,6,7)/t12-,16-;/m0./s1. The van der Waals surface area contributed by atoms with E-state index < -0.39 is 12.1 Å². The molecule has 0 amide bonds. The van der Waals surface area contributed by atoms with Crippen LogP contribution in [0.4, 0.5) is 18.3 Å². The van der Waals surface area contributed by atoms with Crippen LogP contribution in [-0.2, 0) is 4.79 Å². The van der Waals surface area contributed by atoms with Gasteiger partial charge in [0.2, 0.25) is 0 Å². The highest BCUT2D eigenvalue weighted by Crippen LogP contribution is 2.39. The molecule has 14 heteroatoms. The molecule has 6 rings (SSSR count). The summed E-state index contributed by atoms with van der Waals surface area (Å²) in [7, 11) is 0. The van der Waals surface area contributed by atoms with Crippen molar-refractivity contribution in [3.05, 3.63) is 36.7 Å². The van der Waals surface area contributed by atoms with Crippen LogP contribution in [0.1, 0.15) is 6.42 Å². The van der Waals surface area contributed by atoms with Crippen molar-refractivity contribution in [2.45, 2.75) is 18.6 Å². The van der Waals surface area contributed by atoms with Crippen molar-refractivity contribution >= 4 is 32.8 Å². The number of nitrogens with one attached hydrogen (secondary N) is 2. The number of nitrogens with zero attached hydrogens (tertiary/aromatic N) is 5. The fourth-order valence-corrected chi connectivity index (χ4v) is 5.27. The van der Waals surface area contributed by atoms with E-state index in [1.807, 2.05) is 18.2 Å². The minimum atomic E-state index is -5.08. The number of carbonyl (C=O) groups is 1. The molecular weight excluding hydrogens is 499 g/mol. The second-order valence-electron chi connectivity index (χ2n) is 8.41. The number of hydrogen-bond donors (Lipinski definition) is 4. The van der Waals surface area contributed by atoms with Gasteiger partial charge in [0.05, 0.1) is 16.6 Å². The number of carboxylic acid groups (broad SMARTS) is 1. The van der Waals surface area contributed by atoms with Crippen LogP contribution in [0.15, 0.2) is 36.7 Å². The van der Waals surface area contributed by atoms with Gasteiger partial charge in [-0.3, -0.25) is 5.10 Å². The summed E-state index contributed by atoms with van der Waals surface area (Å²) in [4.78, 5) is 16.0. The number of hydrogen-bond acceptors (Lipinski definition) is 9. The minimum Gasteiger partial charge on any atom is -0.507 e. The van der Waals surface area contributed by atoms with Crippen LogP contribution in [0.2, 0.25) is 0 Å². The number of aromatic hydroxyl groups is 1. The first-order valence-electron chi connectivity index (χ1n) is 10.9. The summed E-state index contributed by atoms with van der Waals surface area (Å²) in [6.07, 6.45) is -0.327. The van der Waals surface area contributed by atoms with E-state index in [1.54, 1.807) is 29.8 Å². The van der Waals surface area contributed by atoms with Gasteiger partial charge in [-0.2, -0.15) is 23.3 Å². The van der Waals surface area contributed by atoms with Crippen molar-refractivity contribution in [2.24, 2.45) is 5.92 Å². The summed E-state index contributed by atoms with van der Waals surface area (Å²) < 4.78 is 32.7. The molecule has 2 aliphatic heterocycles. The van der Waals surface area contributed by atoms with E-state index in [2.05, 4.69) is 30.6 Å². The van der Waals surface area contributed by atoms with Gasteiger partial charge in [-0.15, -0.1) is 10.2 Å². The Kier molecular flexibility index (Phi) is 6.22. The molecule has 0 spiro atoms. The number of alkyl halides is 3. The first-order valence-corrected chi connectivity index (χ1v) is 11.8. The van der Waals surface area contributed by atoms with Crippen LogP contribution in [0.3, 0.4) is 0 Å². The molecule has 0 saturated carbocycles. The van der Waals surface area contributed by atoms with Crippen molar-refractivity contribution in [3.8, 4) is 28.1 Å². The Morgan fingerprint density at radius 3 is 2.67 bits per heavy atom. The average Bonchev–Trinajstić information content (AvgIpc) is 3.49. The van der Waals surface area contributed by atoms with Crippen molar-refractivity contribution in [1.82, 2.24) is 30.7 Å². The third-order valence-electron chi connectivity index (χ3n) is 6.16. The highest BCUT2D eigenvalue weighted by atomic mass is 32.1. The smallest absolute Gasteiger partial charge is 0.490 e. The van der Waals surface area contributed by atoms with E-state index in [-0.39, 0.29) is 5.75 Å². The molecule has 0 aliphatic carbocycles. The van der Waals surface area contributed by atoms with Crippen molar-refractivity contribution in [3.63, 3.8) is 0 Å². The molecule has 0 unspecified atom stereocenters. The molecule has 5 heterocycles. The summed E-state index contributed by atoms with van der Waals surface area (Å²) in [5.41, 5.74) is 3.77. The van der Waals surface area contributed by atoms with Crippen LogP contribution in [0, 0.1) is 5.92 Å². The average molecular weight is 520 g/mol. The number of aromatic nitrogens is 5. The molecule has 0 bridgehead atoms. The molecular formula is C22H20F3N7O3S. The van der Waals surface area contributed by atoms with Crippen LogP contribution in [0.5, 0.6) is 5.75 Å². The molecule has 4 aromatic rings. The number of piperidine rings is 1. The number of thiazole rings is 1. The molecule has 2 saturated heterocycles. The van der Waals surface area contributed by atoms with Crippen LogP contribution in [0.25, 0.3) is 32.7 Å². The maximum atomic E-state index is 10.6. The van der Waals surface area contributed by atoms with E-state index >= 15 is 0 Å². The topological polar surface area (TPSA) is 140 Å². The Balaban J connectivity index is 0.000000338. The van der Waals surface area contributed by atoms with E-state index in [0.717, 1.165) is 46.5 Å². The normalized spacial score (nSPS) is 19.2. The van der Waals surface area contributed by atoms with Crippen LogP contribution < -0.4 is 10.2 Å². The fraction of sp³-hybridized carbons (Fsp3) is 0.318. The second kappa shape index (κ2) is 9.35. The summed E-state index contributed by atoms with van der Waals surface area (Å²) in [6, 6.07) is 8.03. The summed E-state index contributed by atoms with van der Waals surface area (Å²) in [6.45, 7) is 3.21. The zero-order chi connectivity index (χ0) is 25.4. The number of rotatable bonds is 3. The number of benzene rings is 1. The van der Waals surface area contributed by atoms with Crippen molar-refractivity contribution in [2.75, 3.05) is 24.5 Å². The van der Waals surface area contributed by atoms with Gasteiger partial charge in [0.15, 0.2) is 10.8 Å². The minimum absolute atomic E-state index is 0.168. The fourth-order valence-electron chi connectivity index (χ4n) is 4.27. The van der Waals surface area contributed by atoms with Gasteiger partial charge < -0.3 is 20.4 Å². The van der Waals surface area contributed by atoms with E-state index in [9.17, 15) is 18.3 Å². The first kappa shape index (κ1) is 23.9. The number of carboxylic acids is 1. The highest BCUT2D eigenvalue weighted by molar-refractivity contribution is 7.22. The third kappa shape index (κ3) is 4.68. The maximum Gasteiger partial charge on any atom is 0.490 e. The van der Waals surface area contributed by atoms with E-state index in [1.165, 1.54) is 6.42 Å². The lowest BCUT2D eigenvalue weighted by atomic mass is 9.84. The number of H-pyrrole nitrogens is 1. The van der Waals surface area contributed by atoms with Gasteiger partial charge >= 0.3 is 12.1 Å². The Labute approximate surface area is 205 Å². The summed E-state index contributed by atoms with van der Waals surface area (Å²) in [5, 5.41) is 37.5.